The van der Waals surface area contributed by atoms with E-state index >= 15 is 0 Å². The summed E-state index contributed by atoms with van der Waals surface area (Å²) < 4.78 is 31.7. The first-order chi connectivity index (χ1) is 13.7. The molecule has 29 heavy (non-hydrogen) atoms. The molecule has 0 aliphatic carbocycles. The van der Waals surface area contributed by atoms with Crippen LogP contribution in [0.2, 0.25) is 0 Å². The van der Waals surface area contributed by atoms with Crippen molar-refractivity contribution in [2.75, 3.05) is 31.5 Å². The molecular formula is C21H35N3O4S. The Morgan fingerprint density at radius 1 is 1.14 bits per heavy atom. The van der Waals surface area contributed by atoms with E-state index in [1.54, 1.807) is 13.8 Å². The van der Waals surface area contributed by atoms with Crippen molar-refractivity contribution in [3.63, 3.8) is 0 Å². The van der Waals surface area contributed by atoms with E-state index in [1.807, 2.05) is 43.0 Å². The van der Waals surface area contributed by atoms with Gasteiger partial charge in [-0.1, -0.05) is 12.5 Å². The summed E-state index contributed by atoms with van der Waals surface area (Å²) >= 11 is 0. The van der Waals surface area contributed by atoms with Crippen molar-refractivity contribution in [3.05, 3.63) is 29.8 Å². The minimum absolute atomic E-state index is 0.0353. The van der Waals surface area contributed by atoms with Crippen molar-refractivity contribution >= 4 is 21.6 Å². The van der Waals surface area contributed by atoms with Crippen LogP contribution in [0, 0.1) is 0 Å². The number of carbonyl (C=O) groups excluding carboxylic acids is 1. The second kappa shape index (κ2) is 10.9. The molecule has 1 aliphatic rings. The van der Waals surface area contributed by atoms with Gasteiger partial charge in [0, 0.05) is 37.4 Å². The van der Waals surface area contributed by atoms with Crippen LogP contribution in [-0.4, -0.2) is 62.9 Å². The number of benzene rings is 1. The standard InChI is InChI=1S/C21H35N3O4S/c1-16(2)29(26,27)23-12-7-5-6-11-22-20-10-8-9-19(13-20)21(25)24-14-17(3)28-18(4)15-24/h8-10,13,16-18,22-23H,5-7,11-12,14-15H2,1-4H3. The molecule has 2 rings (SSSR count). The third-order valence-electron chi connectivity index (χ3n) is 4.92. The van der Waals surface area contributed by atoms with Crippen LogP contribution in [0.15, 0.2) is 24.3 Å². The lowest BCUT2D eigenvalue weighted by Crippen LogP contribution is -2.48. The number of amides is 1. The first-order valence-corrected chi connectivity index (χ1v) is 12.0. The Morgan fingerprint density at radius 2 is 1.79 bits per heavy atom. The summed E-state index contributed by atoms with van der Waals surface area (Å²) in [5.41, 5.74) is 1.60. The summed E-state index contributed by atoms with van der Waals surface area (Å²) in [7, 11) is -3.17. The van der Waals surface area contributed by atoms with E-state index in [9.17, 15) is 13.2 Å². The molecule has 7 nitrogen and oxygen atoms in total. The maximum absolute atomic E-state index is 12.8. The molecule has 1 amide bonds. The normalized spacial score (nSPS) is 20.1. The summed E-state index contributed by atoms with van der Waals surface area (Å²) in [6.45, 7) is 9.80. The van der Waals surface area contributed by atoms with Crippen LogP contribution < -0.4 is 10.0 Å². The lowest BCUT2D eigenvalue weighted by atomic mass is 10.1. The molecule has 1 saturated heterocycles. The summed E-state index contributed by atoms with van der Waals surface area (Å²) in [5.74, 6) is 0.0353. The molecule has 1 heterocycles. The zero-order valence-electron chi connectivity index (χ0n) is 18.0. The van der Waals surface area contributed by atoms with Gasteiger partial charge in [0.1, 0.15) is 0 Å². The molecule has 0 saturated carbocycles. The average molecular weight is 426 g/mol. The minimum Gasteiger partial charge on any atom is -0.385 e. The molecule has 1 aromatic rings. The van der Waals surface area contributed by atoms with E-state index in [4.69, 9.17) is 4.74 Å². The largest absolute Gasteiger partial charge is 0.385 e. The third kappa shape index (κ3) is 7.60. The SMILES string of the molecule is CC1CN(C(=O)c2cccc(NCCCCCNS(=O)(=O)C(C)C)c2)CC(C)O1. The van der Waals surface area contributed by atoms with Gasteiger partial charge in [-0.2, -0.15) is 0 Å². The van der Waals surface area contributed by atoms with E-state index in [2.05, 4.69) is 10.0 Å². The van der Waals surface area contributed by atoms with Crippen LogP contribution in [0.4, 0.5) is 5.69 Å². The Morgan fingerprint density at radius 3 is 2.45 bits per heavy atom. The number of hydrogen-bond donors (Lipinski definition) is 2. The number of nitrogens with zero attached hydrogens (tertiary/aromatic N) is 1. The molecule has 0 bridgehead atoms. The minimum atomic E-state index is -3.17. The van der Waals surface area contributed by atoms with Gasteiger partial charge in [0.05, 0.1) is 17.5 Å². The Hall–Kier alpha value is -1.64. The lowest BCUT2D eigenvalue weighted by Gasteiger charge is -2.35. The Kier molecular flexibility index (Phi) is 8.92. The molecule has 0 radical (unpaired) electrons. The van der Waals surface area contributed by atoms with E-state index in [1.165, 1.54) is 0 Å². The van der Waals surface area contributed by atoms with Crippen molar-refractivity contribution in [1.29, 1.82) is 0 Å². The van der Waals surface area contributed by atoms with Gasteiger partial charge in [-0.05, 0) is 58.7 Å². The number of carbonyl (C=O) groups is 1. The van der Waals surface area contributed by atoms with Crippen LogP contribution in [0.3, 0.4) is 0 Å². The Bertz CT molecular complexity index is 757. The number of sulfonamides is 1. The quantitative estimate of drug-likeness (QED) is 0.563. The smallest absolute Gasteiger partial charge is 0.254 e. The van der Waals surface area contributed by atoms with Crippen LogP contribution in [0.1, 0.15) is 57.3 Å². The highest BCUT2D eigenvalue weighted by Gasteiger charge is 2.26. The highest BCUT2D eigenvalue weighted by Crippen LogP contribution is 2.17. The highest BCUT2D eigenvalue weighted by molar-refractivity contribution is 7.90. The maximum Gasteiger partial charge on any atom is 0.254 e. The van der Waals surface area contributed by atoms with Crippen molar-refractivity contribution in [1.82, 2.24) is 9.62 Å². The summed E-state index contributed by atoms with van der Waals surface area (Å²) in [6.07, 6.45) is 2.76. The molecule has 1 aliphatic heterocycles. The zero-order chi connectivity index (χ0) is 21.4. The average Bonchev–Trinajstić information content (AvgIpc) is 2.66. The van der Waals surface area contributed by atoms with Crippen LogP contribution in [0.25, 0.3) is 0 Å². The number of rotatable bonds is 10. The maximum atomic E-state index is 12.8. The van der Waals surface area contributed by atoms with Gasteiger partial charge in [0.25, 0.3) is 5.91 Å². The monoisotopic (exact) mass is 425 g/mol. The summed E-state index contributed by atoms with van der Waals surface area (Å²) in [5, 5.41) is 2.95. The molecule has 0 spiro atoms. The number of anilines is 1. The fourth-order valence-corrected chi connectivity index (χ4v) is 4.09. The van der Waals surface area contributed by atoms with Gasteiger partial charge in [-0.25, -0.2) is 13.1 Å². The van der Waals surface area contributed by atoms with E-state index < -0.39 is 15.3 Å². The van der Waals surface area contributed by atoms with Gasteiger partial charge < -0.3 is 15.0 Å². The van der Waals surface area contributed by atoms with Gasteiger partial charge in [0.2, 0.25) is 10.0 Å². The van der Waals surface area contributed by atoms with Crippen molar-refractivity contribution in [3.8, 4) is 0 Å². The molecule has 1 aromatic carbocycles. The molecule has 0 aromatic heterocycles. The first-order valence-electron chi connectivity index (χ1n) is 10.5. The van der Waals surface area contributed by atoms with E-state index in [0.717, 1.165) is 31.5 Å². The van der Waals surface area contributed by atoms with Gasteiger partial charge in [0.15, 0.2) is 0 Å². The fourth-order valence-electron chi connectivity index (χ4n) is 3.33. The third-order valence-corrected chi connectivity index (χ3v) is 6.77. The number of nitrogens with one attached hydrogen (secondary N) is 2. The van der Waals surface area contributed by atoms with Crippen LogP contribution >= 0.6 is 0 Å². The molecule has 2 N–H and O–H groups in total. The number of hydrogen-bond acceptors (Lipinski definition) is 5. The Balaban J connectivity index is 1.74. The molecule has 2 unspecified atom stereocenters. The topological polar surface area (TPSA) is 87.7 Å². The van der Waals surface area contributed by atoms with E-state index in [0.29, 0.717) is 25.2 Å². The second-order valence-corrected chi connectivity index (χ2v) is 10.3. The fraction of sp³-hybridized carbons (Fsp3) is 0.667. The predicted molar refractivity (Wildman–Crippen MR) is 117 cm³/mol. The first kappa shape index (κ1) is 23.6. The molecule has 164 valence electrons. The van der Waals surface area contributed by atoms with Crippen molar-refractivity contribution in [2.24, 2.45) is 0 Å². The van der Waals surface area contributed by atoms with Gasteiger partial charge in [-0.3, -0.25) is 4.79 Å². The van der Waals surface area contributed by atoms with Gasteiger partial charge in [-0.15, -0.1) is 0 Å². The summed E-state index contributed by atoms with van der Waals surface area (Å²) in [6, 6.07) is 7.59. The highest BCUT2D eigenvalue weighted by atomic mass is 32.2. The second-order valence-electron chi connectivity index (χ2n) is 8.02. The predicted octanol–water partition coefficient (Wildman–Crippen LogP) is 2.85. The number of morpholine rings is 1. The molecule has 8 heteroatoms. The van der Waals surface area contributed by atoms with Crippen LogP contribution in [-0.2, 0) is 14.8 Å². The van der Waals surface area contributed by atoms with Gasteiger partial charge >= 0.3 is 0 Å². The zero-order valence-corrected chi connectivity index (χ0v) is 18.8. The van der Waals surface area contributed by atoms with Crippen LogP contribution in [0.5, 0.6) is 0 Å². The number of unbranched alkanes of at least 4 members (excludes halogenated alkanes) is 2. The van der Waals surface area contributed by atoms with Crippen molar-refractivity contribution in [2.45, 2.75) is 64.4 Å². The Labute approximate surface area is 175 Å². The number of ether oxygens (including phenoxy) is 1. The molecule has 2 atom stereocenters. The van der Waals surface area contributed by atoms with E-state index in [-0.39, 0.29) is 18.1 Å². The van der Waals surface area contributed by atoms with Crippen molar-refractivity contribution < 1.29 is 17.9 Å². The molecule has 1 fully saturated rings. The lowest BCUT2D eigenvalue weighted by molar-refractivity contribution is -0.0586. The summed E-state index contributed by atoms with van der Waals surface area (Å²) in [4.78, 5) is 14.7. The molecular weight excluding hydrogens is 390 g/mol.